The summed E-state index contributed by atoms with van der Waals surface area (Å²) in [5.41, 5.74) is 4.02. The maximum Gasteiger partial charge on any atom is 0.221 e. The lowest BCUT2D eigenvalue weighted by molar-refractivity contribution is -0.114. The Kier molecular flexibility index (Phi) is 6.89. The molecule has 34 heavy (non-hydrogen) atoms. The zero-order valence-corrected chi connectivity index (χ0v) is 19.0. The van der Waals surface area contributed by atoms with E-state index in [0.717, 1.165) is 17.0 Å². The molecular weight excluding hydrogens is 428 g/mol. The van der Waals surface area contributed by atoms with Crippen molar-refractivity contribution in [3.05, 3.63) is 84.1 Å². The minimum Gasteiger partial charge on any atom is -0.492 e. The maximum absolute atomic E-state index is 11.7. The molecule has 0 saturated carbocycles. The molecule has 2 N–H and O–H groups in total. The zero-order chi connectivity index (χ0) is 23.9. The van der Waals surface area contributed by atoms with Crippen LogP contribution in [-0.4, -0.2) is 17.5 Å². The number of nitrogens with zero attached hydrogens (tertiary/aromatic N) is 2. The average Bonchev–Trinajstić information content (AvgIpc) is 2.85. The molecule has 3 aromatic carbocycles. The standard InChI is InChI=1S/C27H24N4O3/c1-3-33-26-14-24-23(13-25(26)30-18(2)32)27(20(15-28)16-29-24)31-21-9-11-22(12-10-21)34-17-19-7-5-4-6-8-19/h4-14,16H,3,17H2,1-2H3,(H,29,31)(H,30,32). The van der Waals surface area contributed by atoms with E-state index in [0.29, 0.717) is 46.8 Å². The van der Waals surface area contributed by atoms with Crippen molar-refractivity contribution in [3.63, 3.8) is 0 Å². The van der Waals surface area contributed by atoms with Crippen LogP contribution in [0.2, 0.25) is 0 Å². The van der Waals surface area contributed by atoms with Crippen molar-refractivity contribution in [2.45, 2.75) is 20.5 Å². The summed E-state index contributed by atoms with van der Waals surface area (Å²) < 4.78 is 11.5. The third-order valence-electron chi connectivity index (χ3n) is 5.07. The molecule has 1 heterocycles. The minimum absolute atomic E-state index is 0.217. The molecule has 0 aliphatic rings. The summed E-state index contributed by atoms with van der Waals surface area (Å²) in [5.74, 6) is 1.04. The van der Waals surface area contributed by atoms with E-state index < -0.39 is 0 Å². The molecule has 1 amide bonds. The first-order valence-electron chi connectivity index (χ1n) is 10.9. The van der Waals surface area contributed by atoms with Crippen LogP contribution in [0, 0.1) is 11.3 Å². The number of amides is 1. The number of fused-ring (bicyclic) bond motifs is 1. The van der Waals surface area contributed by atoms with Crippen LogP contribution >= 0.6 is 0 Å². The third-order valence-corrected chi connectivity index (χ3v) is 5.07. The number of benzene rings is 3. The average molecular weight is 453 g/mol. The van der Waals surface area contributed by atoms with Crippen molar-refractivity contribution in [3.8, 4) is 17.6 Å². The highest BCUT2D eigenvalue weighted by molar-refractivity contribution is 6.01. The SMILES string of the molecule is CCOc1cc2ncc(C#N)c(Nc3ccc(OCc4ccccc4)cc3)c2cc1NC(C)=O. The summed E-state index contributed by atoms with van der Waals surface area (Å²) in [4.78, 5) is 16.1. The van der Waals surface area contributed by atoms with Crippen molar-refractivity contribution < 1.29 is 14.3 Å². The van der Waals surface area contributed by atoms with Crippen LogP contribution < -0.4 is 20.1 Å². The summed E-state index contributed by atoms with van der Waals surface area (Å²) >= 11 is 0. The van der Waals surface area contributed by atoms with Crippen molar-refractivity contribution in [1.29, 1.82) is 5.26 Å². The van der Waals surface area contributed by atoms with Gasteiger partial charge in [0, 0.05) is 30.3 Å². The largest absolute Gasteiger partial charge is 0.492 e. The number of rotatable bonds is 8. The van der Waals surface area contributed by atoms with E-state index in [-0.39, 0.29) is 5.91 Å². The van der Waals surface area contributed by atoms with Crippen LogP contribution in [-0.2, 0) is 11.4 Å². The van der Waals surface area contributed by atoms with Gasteiger partial charge in [-0.3, -0.25) is 9.78 Å². The van der Waals surface area contributed by atoms with E-state index in [9.17, 15) is 10.1 Å². The van der Waals surface area contributed by atoms with Crippen molar-refractivity contribution in [2.75, 3.05) is 17.2 Å². The monoisotopic (exact) mass is 452 g/mol. The van der Waals surface area contributed by atoms with Gasteiger partial charge in [-0.1, -0.05) is 30.3 Å². The fourth-order valence-corrected chi connectivity index (χ4v) is 3.52. The number of hydrogen-bond donors (Lipinski definition) is 2. The van der Waals surface area contributed by atoms with Gasteiger partial charge in [0.25, 0.3) is 0 Å². The Morgan fingerprint density at radius 2 is 1.82 bits per heavy atom. The molecule has 4 aromatic rings. The van der Waals surface area contributed by atoms with E-state index in [1.165, 1.54) is 13.1 Å². The van der Waals surface area contributed by atoms with Gasteiger partial charge in [-0.2, -0.15) is 5.26 Å². The topological polar surface area (TPSA) is 96.3 Å². The van der Waals surface area contributed by atoms with Gasteiger partial charge in [-0.05, 0) is 42.8 Å². The highest BCUT2D eigenvalue weighted by atomic mass is 16.5. The van der Waals surface area contributed by atoms with E-state index in [1.54, 1.807) is 12.1 Å². The van der Waals surface area contributed by atoms with Crippen molar-refractivity contribution in [2.24, 2.45) is 0 Å². The second-order valence-electron chi connectivity index (χ2n) is 7.56. The summed E-state index contributed by atoms with van der Waals surface area (Å²) in [6.45, 7) is 4.23. The molecule has 1 aromatic heterocycles. The molecule has 0 aliphatic heterocycles. The lowest BCUT2D eigenvalue weighted by atomic mass is 10.1. The molecule has 7 heteroatoms. The Balaban J connectivity index is 1.63. The lowest BCUT2D eigenvalue weighted by Gasteiger charge is -2.16. The number of aromatic nitrogens is 1. The predicted octanol–water partition coefficient (Wildman–Crippen LogP) is 5.79. The molecule has 0 aliphatic carbocycles. The van der Waals surface area contributed by atoms with Gasteiger partial charge in [0.2, 0.25) is 5.91 Å². The molecule has 0 saturated heterocycles. The number of ether oxygens (including phenoxy) is 2. The van der Waals surface area contributed by atoms with E-state index in [2.05, 4.69) is 21.7 Å². The third kappa shape index (κ3) is 5.25. The van der Waals surface area contributed by atoms with Gasteiger partial charge < -0.3 is 20.1 Å². The van der Waals surface area contributed by atoms with Crippen LogP contribution in [0.15, 0.2) is 72.9 Å². The summed E-state index contributed by atoms with van der Waals surface area (Å²) in [7, 11) is 0. The second kappa shape index (κ2) is 10.4. The molecule has 170 valence electrons. The minimum atomic E-state index is -0.217. The normalized spacial score (nSPS) is 10.4. The van der Waals surface area contributed by atoms with Gasteiger partial charge in [-0.25, -0.2) is 0 Å². The van der Waals surface area contributed by atoms with Gasteiger partial charge in [0.05, 0.1) is 29.1 Å². The first kappa shape index (κ1) is 22.6. The Labute approximate surface area is 198 Å². The summed E-state index contributed by atoms with van der Waals surface area (Å²) in [5, 5.41) is 16.5. The van der Waals surface area contributed by atoms with Crippen LogP contribution in [0.3, 0.4) is 0 Å². The number of anilines is 3. The van der Waals surface area contributed by atoms with Crippen LogP contribution in [0.5, 0.6) is 11.5 Å². The first-order valence-corrected chi connectivity index (χ1v) is 10.9. The summed E-state index contributed by atoms with van der Waals surface area (Å²) in [6, 6.07) is 23.2. The number of hydrogen-bond acceptors (Lipinski definition) is 6. The van der Waals surface area contributed by atoms with Crippen LogP contribution in [0.1, 0.15) is 25.0 Å². The molecule has 7 nitrogen and oxygen atoms in total. The molecule has 0 spiro atoms. The Morgan fingerprint density at radius 3 is 2.50 bits per heavy atom. The van der Waals surface area contributed by atoms with E-state index >= 15 is 0 Å². The maximum atomic E-state index is 11.7. The zero-order valence-electron chi connectivity index (χ0n) is 19.0. The van der Waals surface area contributed by atoms with E-state index in [4.69, 9.17) is 9.47 Å². The predicted molar refractivity (Wildman–Crippen MR) is 132 cm³/mol. The first-order chi connectivity index (χ1) is 16.6. The number of nitriles is 1. The Morgan fingerprint density at radius 1 is 1.06 bits per heavy atom. The van der Waals surface area contributed by atoms with Gasteiger partial charge in [-0.15, -0.1) is 0 Å². The fraction of sp³-hybridized carbons (Fsp3) is 0.148. The molecule has 0 unspecified atom stereocenters. The van der Waals surface area contributed by atoms with E-state index in [1.807, 2.05) is 61.5 Å². The molecular formula is C27H24N4O3. The van der Waals surface area contributed by atoms with Crippen molar-refractivity contribution in [1.82, 2.24) is 4.98 Å². The number of pyridine rings is 1. The highest BCUT2D eigenvalue weighted by Gasteiger charge is 2.15. The number of nitrogens with one attached hydrogen (secondary N) is 2. The number of carbonyl (C=O) groups is 1. The molecule has 4 rings (SSSR count). The highest BCUT2D eigenvalue weighted by Crippen LogP contribution is 2.36. The molecule has 0 bridgehead atoms. The Hall–Kier alpha value is -4.57. The van der Waals surface area contributed by atoms with Crippen molar-refractivity contribution >= 4 is 33.9 Å². The van der Waals surface area contributed by atoms with Gasteiger partial charge >= 0.3 is 0 Å². The van der Waals surface area contributed by atoms with Crippen LogP contribution in [0.25, 0.3) is 10.9 Å². The number of carbonyl (C=O) groups excluding carboxylic acids is 1. The van der Waals surface area contributed by atoms with Crippen LogP contribution in [0.4, 0.5) is 17.1 Å². The lowest BCUT2D eigenvalue weighted by Crippen LogP contribution is -2.08. The Bertz CT molecular complexity index is 1350. The van der Waals surface area contributed by atoms with Gasteiger partial charge in [0.1, 0.15) is 24.2 Å². The fourth-order valence-electron chi connectivity index (χ4n) is 3.52. The molecule has 0 radical (unpaired) electrons. The summed E-state index contributed by atoms with van der Waals surface area (Å²) in [6.07, 6.45) is 1.52. The molecule has 0 atom stereocenters. The van der Waals surface area contributed by atoms with Gasteiger partial charge in [0.15, 0.2) is 0 Å². The smallest absolute Gasteiger partial charge is 0.221 e. The quantitative estimate of drug-likeness (QED) is 0.351. The second-order valence-corrected chi connectivity index (χ2v) is 7.56. The molecule has 0 fully saturated rings.